The number of hydrogen-bond acceptors (Lipinski definition) is 3. The van der Waals surface area contributed by atoms with E-state index in [1.807, 2.05) is 23.5 Å². The van der Waals surface area contributed by atoms with Gasteiger partial charge in [0.1, 0.15) is 5.84 Å². The van der Waals surface area contributed by atoms with Crippen molar-refractivity contribution in [1.29, 1.82) is 5.41 Å². The van der Waals surface area contributed by atoms with Gasteiger partial charge in [-0.2, -0.15) is 0 Å². The predicted octanol–water partition coefficient (Wildman–Crippen LogP) is 5.27. The first kappa shape index (κ1) is 22.4. The molecule has 2 rings (SSSR count). The zero-order valence-corrected chi connectivity index (χ0v) is 17.8. The molecule has 0 atom stereocenters. The van der Waals surface area contributed by atoms with Gasteiger partial charge in [-0.25, -0.2) is 0 Å². The van der Waals surface area contributed by atoms with Gasteiger partial charge in [-0.1, -0.05) is 46.2 Å². The monoisotopic (exact) mass is 373 g/mol. The Kier molecular flexibility index (Phi) is 9.03. The Labute approximate surface area is 163 Å². The molecule has 0 aliphatic carbocycles. The highest BCUT2D eigenvalue weighted by atomic mass is 32.1. The maximum atomic E-state index is 7.51. The fraction of sp³-hybridized carbons (Fsp3) is 0.500. The summed E-state index contributed by atoms with van der Waals surface area (Å²) >= 11 is 1.92. The Morgan fingerprint density at radius 2 is 1.73 bits per heavy atom. The zero-order chi connectivity index (χ0) is 19.7. The van der Waals surface area contributed by atoms with Gasteiger partial charge in [0.25, 0.3) is 0 Å². The lowest BCUT2D eigenvalue weighted by Gasteiger charge is -2.21. The van der Waals surface area contributed by atoms with Crippen molar-refractivity contribution in [3.63, 3.8) is 0 Å². The minimum atomic E-state index is 0.134. The first-order valence-electron chi connectivity index (χ1n) is 9.44. The molecule has 4 heteroatoms. The maximum absolute atomic E-state index is 7.51. The largest absolute Gasteiger partial charge is 0.384 e. The summed E-state index contributed by atoms with van der Waals surface area (Å²) in [7, 11) is 0. The van der Waals surface area contributed by atoms with Gasteiger partial charge in [0.05, 0.1) is 0 Å². The van der Waals surface area contributed by atoms with E-state index in [1.54, 1.807) is 0 Å². The number of benzene rings is 1. The minimum Gasteiger partial charge on any atom is -0.384 e. The molecular weight excluding hydrogens is 338 g/mol. The van der Waals surface area contributed by atoms with Crippen molar-refractivity contribution >= 4 is 17.2 Å². The van der Waals surface area contributed by atoms with E-state index < -0.39 is 0 Å². The van der Waals surface area contributed by atoms with E-state index in [9.17, 15) is 0 Å². The molecule has 0 unspecified atom stereocenters. The predicted molar refractivity (Wildman–Crippen MR) is 116 cm³/mol. The van der Waals surface area contributed by atoms with Crippen LogP contribution in [0.3, 0.4) is 0 Å². The van der Waals surface area contributed by atoms with Crippen LogP contribution in [-0.2, 0) is 12.8 Å². The number of nitrogens with two attached hydrogens (primary N) is 2. The van der Waals surface area contributed by atoms with Gasteiger partial charge in [-0.05, 0) is 61.1 Å². The first-order chi connectivity index (χ1) is 12.2. The van der Waals surface area contributed by atoms with Crippen molar-refractivity contribution in [3.05, 3.63) is 56.8 Å². The summed E-state index contributed by atoms with van der Waals surface area (Å²) < 4.78 is 0. The molecule has 0 bridgehead atoms. The zero-order valence-electron chi connectivity index (χ0n) is 17.0. The van der Waals surface area contributed by atoms with Crippen molar-refractivity contribution in [2.45, 2.75) is 60.3 Å². The summed E-state index contributed by atoms with van der Waals surface area (Å²) in [5.74, 6) is 0.134. The molecule has 0 spiro atoms. The van der Waals surface area contributed by atoms with Crippen LogP contribution in [0.1, 0.15) is 67.0 Å². The second kappa shape index (κ2) is 10.5. The quantitative estimate of drug-likeness (QED) is 0.457. The third-order valence-electron chi connectivity index (χ3n) is 4.63. The van der Waals surface area contributed by atoms with Gasteiger partial charge in [-0.3, -0.25) is 5.41 Å². The SMILES string of the molecule is CCC(C)(C)Cc1ccc(Cc2ccc(C(=N)N)cc2C)s1.CCCN. The van der Waals surface area contributed by atoms with Crippen molar-refractivity contribution in [1.82, 2.24) is 0 Å². The third kappa shape index (κ3) is 7.30. The highest BCUT2D eigenvalue weighted by Crippen LogP contribution is 2.30. The standard InChI is InChI=1S/C19H26N2S.C3H9N/c1-5-19(3,4)12-17-9-8-16(22-17)11-14-6-7-15(18(20)21)10-13(14)2;1-2-3-4/h6-10H,5,11-12H2,1-4H3,(H3,20,21);2-4H2,1H3. The van der Waals surface area contributed by atoms with Crippen LogP contribution in [0.5, 0.6) is 0 Å². The highest BCUT2D eigenvalue weighted by molar-refractivity contribution is 7.12. The third-order valence-corrected chi connectivity index (χ3v) is 5.72. The molecule has 2 aromatic rings. The molecule has 0 saturated heterocycles. The van der Waals surface area contributed by atoms with Crippen LogP contribution in [0.15, 0.2) is 30.3 Å². The average molecular weight is 374 g/mol. The van der Waals surface area contributed by atoms with E-state index in [0.717, 1.165) is 31.4 Å². The van der Waals surface area contributed by atoms with Crippen molar-refractivity contribution in [2.75, 3.05) is 6.54 Å². The maximum Gasteiger partial charge on any atom is 0.122 e. The Morgan fingerprint density at radius 1 is 1.12 bits per heavy atom. The van der Waals surface area contributed by atoms with Gasteiger partial charge in [0.15, 0.2) is 0 Å². The Hall–Kier alpha value is -1.65. The van der Waals surface area contributed by atoms with E-state index in [2.05, 4.69) is 52.8 Å². The minimum absolute atomic E-state index is 0.134. The van der Waals surface area contributed by atoms with Crippen LogP contribution in [-0.4, -0.2) is 12.4 Å². The van der Waals surface area contributed by atoms with E-state index >= 15 is 0 Å². The lowest BCUT2D eigenvalue weighted by Crippen LogP contribution is -2.12. The lowest BCUT2D eigenvalue weighted by atomic mass is 9.86. The van der Waals surface area contributed by atoms with E-state index in [1.165, 1.54) is 27.3 Å². The average Bonchev–Trinajstić information content (AvgIpc) is 3.03. The molecule has 0 radical (unpaired) electrons. The molecule has 144 valence electrons. The second-order valence-electron chi connectivity index (χ2n) is 7.58. The molecule has 1 aromatic carbocycles. The molecule has 0 fully saturated rings. The molecule has 0 saturated carbocycles. The van der Waals surface area contributed by atoms with Crippen LogP contribution in [0.4, 0.5) is 0 Å². The van der Waals surface area contributed by atoms with Gasteiger partial charge < -0.3 is 11.5 Å². The highest BCUT2D eigenvalue weighted by Gasteiger charge is 2.17. The summed E-state index contributed by atoms with van der Waals surface area (Å²) in [6.45, 7) is 11.9. The molecule has 1 heterocycles. The summed E-state index contributed by atoms with van der Waals surface area (Å²) in [5, 5.41) is 7.51. The van der Waals surface area contributed by atoms with Gasteiger partial charge >= 0.3 is 0 Å². The Bertz CT molecular complexity index is 699. The number of nitrogen functional groups attached to an aromatic ring is 1. The molecule has 1 aromatic heterocycles. The molecule has 0 aliphatic heterocycles. The molecule has 5 N–H and O–H groups in total. The molecule has 0 amide bonds. The van der Waals surface area contributed by atoms with Crippen molar-refractivity contribution in [2.24, 2.45) is 16.9 Å². The van der Waals surface area contributed by atoms with E-state index in [0.29, 0.717) is 5.41 Å². The van der Waals surface area contributed by atoms with Crippen molar-refractivity contribution < 1.29 is 0 Å². The number of thiophene rings is 1. The van der Waals surface area contributed by atoms with Crippen LogP contribution < -0.4 is 11.5 Å². The number of rotatable bonds is 7. The second-order valence-corrected chi connectivity index (χ2v) is 8.84. The summed E-state index contributed by atoms with van der Waals surface area (Å²) in [4.78, 5) is 2.88. The van der Waals surface area contributed by atoms with Crippen LogP contribution in [0.2, 0.25) is 0 Å². The first-order valence-corrected chi connectivity index (χ1v) is 10.3. The normalized spacial score (nSPS) is 11.0. The Morgan fingerprint density at radius 3 is 2.23 bits per heavy atom. The summed E-state index contributed by atoms with van der Waals surface area (Å²) in [5.41, 5.74) is 14.3. The number of aryl methyl sites for hydroxylation is 1. The lowest BCUT2D eigenvalue weighted by molar-refractivity contribution is 0.352. The molecule has 26 heavy (non-hydrogen) atoms. The van der Waals surface area contributed by atoms with Crippen LogP contribution >= 0.6 is 11.3 Å². The molecule has 0 aliphatic rings. The summed E-state index contributed by atoms with van der Waals surface area (Å²) in [6, 6.07) is 10.6. The topological polar surface area (TPSA) is 75.9 Å². The number of amidine groups is 1. The Balaban J connectivity index is 0.000000765. The fourth-order valence-electron chi connectivity index (χ4n) is 2.46. The van der Waals surface area contributed by atoms with Gasteiger partial charge in [0, 0.05) is 21.7 Å². The van der Waals surface area contributed by atoms with Gasteiger partial charge in [0.2, 0.25) is 0 Å². The molecular formula is C22H35N3S. The smallest absolute Gasteiger partial charge is 0.122 e. The number of nitrogens with one attached hydrogen (secondary N) is 1. The van der Waals surface area contributed by atoms with E-state index in [4.69, 9.17) is 16.9 Å². The number of hydrogen-bond donors (Lipinski definition) is 3. The van der Waals surface area contributed by atoms with E-state index in [-0.39, 0.29) is 5.84 Å². The van der Waals surface area contributed by atoms with Crippen LogP contribution in [0.25, 0.3) is 0 Å². The van der Waals surface area contributed by atoms with Crippen LogP contribution in [0, 0.1) is 17.7 Å². The summed E-state index contributed by atoms with van der Waals surface area (Å²) in [6.07, 6.45) is 4.41. The van der Waals surface area contributed by atoms with Gasteiger partial charge in [-0.15, -0.1) is 11.3 Å². The molecule has 3 nitrogen and oxygen atoms in total. The fourth-order valence-corrected chi connectivity index (χ4v) is 3.76. The van der Waals surface area contributed by atoms with Crippen molar-refractivity contribution in [3.8, 4) is 0 Å².